The van der Waals surface area contributed by atoms with Crippen LogP contribution in [0, 0.1) is 5.41 Å². The van der Waals surface area contributed by atoms with Crippen LogP contribution in [-0.4, -0.2) is 31.1 Å². The molecule has 21 heavy (non-hydrogen) atoms. The average molecular weight is 304 g/mol. The monoisotopic (exact) mass is 304 g/mol. The predicted octanol–water partition coefficient (Wildman–Crippen LogP) is 3.49. The van der Waals surface area contributed by atoms with E-state index in [4.69, 9.17) is 9.73 Å². The van der Waals surface area contributed by atoms with Crippen molar-refractivity contribution in [3.05, 3.63) is 29.8 Å². The summed E-state index contributed by atoms with van der Waals surface area (Å²) < 4.78 is 5.39. The van der Waals surface area contributed by atoms with Gasteiger partial charge in [-0.3, -0.25) is 4.99 Å². The highest BCUT2D eigenvalue weighted by atomic mass is 32.2. The van der Waals surface area contributed by atoms with Crippen LogP contribution in [0.4, 0.5) is 0 Å². The van der Waals surface area contributed by atoms with Gasteiger partial charge in [0.2, 0.25) is 0 Å². The number of rotatable bonds is 4. The predicted molar refractivity (Wildman–Crippen MR) is 90.4 cm³/mol. The van der Waals surface area contributed by atoms with E-state index in [1.54, 1.807) is 7.11 Å². The second kappa shape index (κ2) is 6.73. The third kappa shape index (κ3) is 3.54. The molecule has 114 valence electrons. The molecule has 2 aliphatic rings. The van der Waals surface area contributed by atoms with Crippen molar-refractivity contribution >= 4 is 16.9 Å². The Kier molecular flexibility index (Phi) is 4.73. The minimum atomic E-state index is 0.526. The van der Waals surface area contributed by atoms with Gasteiger partial charge in [0.05, 0.1) is 7.11 Å². The van der Waals surface area contributed by atoms with Crippen LogP contribution >= 0.6 is 11.8 Å². The van der Waals surface area contributed by atoms with Gasteiger partial charge < -0.3 is 10.1 Å². The first-order valence-corrected chi connectivity index (χ1v) is 8.83. The van der Waals surface area contributed by atoms with Crippen LogP contribution in [0.2, 0.25) is 0 Å². The number of benzene rings is 1. The van der Waals surface area contributed by atoms with Crippen molar-refractivity contribution in [1.29, 1.82) is 0 Å². The van der Waals surface area contributed by atoms with Gasteiger partial charge in [0, 0.05) is 18.8 Å². The van der Waals surface area contributed by atoms with Gasteiger partial charge in [0.25, 0.3) is 0 Å². The fourth-order valence-corrected chi connectivity index (χ4v) is 4.48. The first-order valence-electron chi connectivity index (χ1n) is 7.84. The number of nitrogens with zero attached hydrogens (tertiary/aromatic N) is 1. The smallest absolute Gasteiger partial charge is 0.156 e. The van der Waals surface area contributed by atoms with Crippen LogP contribution < -0.4 is 10.1 Å². The minimum Gasteiger partial charge on any atom is -0.496 e. The third-order valence-electron chi connectivity index (χ3n) is 4.60. The summed E-state index contributed by atoms with van der Waals surface area (Å²) in [5.74, 6) is 2.22. The molecule has 0 radical (unpaired) electrons. The van der Waals surface area contributed by atoms with Crippen molar-refractivity contribution in [2.45, 2.75) is 32.1 Å². The number of thioether (sulfide) groups is 1. The van der Waals surface area contributed by atoms with E-state index in [0.29, 0.717) is 5.41 Å². The summed E-state index contributed by atoms with van der Waals surface area (Å²) in [7, 11) is 1.73. The third-order valence-corrected chi connectivity index (χ3v) is 5.90. The molecule has 0 saturated heterocycles. The Bertz CT molecular complexity index is 509. The first-order chi connectivity index (χ1) is 10.3. The number of aliphatic imine (C=N–C) groups is 1. The van der Waals surface area contributed by atoms with Crippen LogP contribution in [0.1, 0.15) is 31.2 Å². The lowest BCUT2D eigenvalue weighted by Gasteiger charge is -2.31. The summed E-state index contributed by atoms with van der Waals surface area (Å²) in [6.07, 6.45) is 6.50. The van der Waals surface area contributed by atoms with Crippen LogP contribution in [0.5, 0.6) is 5.75 Å². The van der Waals surface area contributed by atoms with E-state index in [1.807, 2.05) is 23.9 Å². The van der Waals surface area contributed by atoms with Gasteiger partial charge in [-0.1, -0.05) is 42.8 Å². The molecule has 1 aromatic carbocycles. The van der Waals surface area contributed by atoms with Crippen molar-refractivity contribution in [2.75, 3.05) is 26.0 Å². The number of hydrogen-bond acceptors (Lipinski definition) is 4. The maximum Gasteiger partial charge on any atom is 0.156 e. The summed E-state index contributed by atoms with van der Waals surface area (Å²) in [6, 6.07) is 8.22. The minimum absolute atomic E-state index is 0.526. The zero-order valence-corrected chi connectivity index (χ0v) is 13.5. The molecule has 1 aliphatic heterocycles. The van der Waals surface area contributed by atoms with Gasteiger partial charge in [-0.2, -0.15) is 0 Å². The number of para-hydroxylation sites is 1. The first kappa shape index (κ1) is 14.8. The molecule has 1 aliphatic carbocycles. The molecule has 0 atom stereocenters. The second-order valence-electron chi connectivity index (χ2n) is 6.11. The molecular formula is C17H24N2OS. The molecular weight excluding hydrogens is 280 g/mol. The van der Waals surface area contributed by atoms with E-state index in [2.05, 4.69) is 17.4 Å². The number of ether oxygens (including phenoxy) is 1. The normalized spacial score (nSPS) is 20.3. The zero-order chi connectivity index (χ0) is 14.5. The van der Waals surface area contributed by atoms with E-state index in [9.17, 15) is 0 Å². The van der Waals surface area contributed by atoms with E-state index in [-0.39, 0.29) is 0 Å². The lowest BCUT2D eigenvalue weighted by atomic mass is 9.89. The maximum atomic E-state index is 5.39. The van der Waals surface area contributed by atoms with Crippen molar-refractivity contribution in [1.82, 2.24) is 5.32 Å². The van der Waals surface area contributed by atoms with Crippen LogP contribution in [0.15, 0.2) is 29.3 Å². The molecule has 1 saturated carbocycles. The molecule has 1 fully saturated rings. The number of methoxy groups -OCH3 is 1. The SMILES string of the molecule is COc1ccccc1CCNC1=NCC2(CCCC2)CS1. The molecule has 1 aromatic rings. The van der Waals surface area contributed by atoms with E-state index >= 15 is 0 Å². The molecule has 4 heteroatoms. The lowest BCUT2D eigenvalue weighted by molar-refractivity contribution is 0.358. The van der Waals surface area contributed by atoms with Gasteiger partial charge in [-0.05, 0) is 36.3 Å². The maximum absolute atomic E-state index is 5.39. The van der Waals surface area contributed by atoms with Gasteiger partial charge in [-0.25, -0.2) is 0 Å². The summed E-state index contributed by atoms with van der Waals surface area (Å²) in [6.45, 7) is 1.94. The Labute approximate surface area is 131 Å². The van der Waals surface area contributed by atoms with Crippen molar-refractivity contribution in [3.63, 3.8) is 0 Å². The Morgan fingerprint density at radius 2 is 2.10 bits per heavy atom. The fraction of sp³-hybridized carbons (Fsp3) is 0.588. The van der Waals surface area contributed by atoms with Gasteiger partial charge in [0.1, 0.15) is 5.75 Å². The standard InChI is InChI=1S/C17H24N2OS/c1-20-15-7-3-2-6-14(15)8-11-18-16-19-12-17(13-21-16)9-4-5-10-17/h2-3,6-7H,4-5,8-13H2,1H3,(H,18,19). The molecule has 0 aromatic heterocycles. The van der Waals surface area contributed by atoms with Crippen molar-refractivity contribution in [2.24, 2.45) is 10.4 Å². The Hall–Kier alpha value is -1.16. The van der Waals surface area contributed by atoms with Gasteiger partial charge in [0.15, 0.2) is 5.17 Å². The number of nitrogens with one attached hydrogen (secondary N) is 1. The summed E-state index contributed by atoms with van der Waals surface area (Å²) >= 11 is 1.91. The largest absolute Gasteiger partial charge is 0.496 e. The van der Waals surface area contributed by atoms with E-state index < -0.39 is 0 Å². The summed E-state index contributed by atoms with van der Waals surface area (Å²) in [4.78, 5) is 4.78. The Morgan fingerprint density at radius 3 is 2.81 bits per heavy atom. The Morgan fingerprint density at radius 1 is 1.29 bits per heavy atom. The topological polar surface area (TPSA) is 33.6 Å². The molecule has 1 heterocycles. The summed E-state index contributed by atoms with van der Waals surface area (Å²) in [5, 5.41) is 4.61. The van der Waals surface area contributed by atoms with Crippen molar-refractivity contribution < 1.29 is 4.74 Å². The lowest BCUT2D eigenvalue weighted by Crippen LogP contribution is -2.34. The van der Waals surface area contributed by atoms with E-state index in [0.717, 1.165) is 30.4 Å². The molecule has 0 unspecified atom stereocenters. The quantitative estimate of drug-likeness (QED) is 0.924. The van der Waals surface area contributed by atoms with E-state index in [1.165, 1.54) is 37.0 Å². The average Bonchev–Trinajstić information content (AvgIpc) is 2.98. The molecule has 1 N–H and O–H groups in total. The van der Waals surface area contributed by atoms with Crippen LogP contribution in [0.3, 0.4) is 0 Å². The van der Waals surface area contributed by atoms with Crippen molar-refractivity contribution in [3.8, 4) is 5.75 Å². The zero-order valence-electron chi connectivity index (χ0n) is 12.7. The van der Waals surface area contributed by atoms with Gasteiger partial charge >= 0.3 is 0 Å². The second-order valence-corrected chi connectivity index (χ2v) is 7.07. The summed E-state index contributed by atoms with van der Waals surface area (Å²) in [5.41, 5.74) is 1.78. The highest BCUT2D eigenvalue weighted by molar-refractivity contribution is 8.13. The molecule has 0 amide bonds. The van der Waals surface area contributed by atoms with Crippen LogP contribution in [-0.2, 0) is 6.42 Å². The highest BCUT2D eigenvalue weighted by Crippen LogP contribution is 2.43. The highest BCUT2D eigenvalue weighted by Gasteiger charge is 2.36. The fourth-order valence-electron chi connectivity index (χ4n) is 3.30. The number of amidine groups is 1. The number of hydrogen-bond donors (Lipinski definition) is 1. The molecule has 0 bridgehead atoms. The molecule has 3 nitrogen and oxygen atoms in total. The molecule has 3 rings (SSSR count). The van der Waals surface area contributed by atoms with Gasteiger partial charge in [-0.15, -0.1) is 0 Å². The Balaban J connectivity index is 1.49. The van der Waals surface area contributed by atoms with Crippen LogP contribution in [0.25, 0.3) is 0 Å². The molecule has 1 spiro atoms.